The summed E-state index contributed by atoms with van der Waals surface area (Å²) >= 11 is 3.40. The van der Waals surface area contributed by atoms with Crippen LogP contribution in [0.5, 0.6) is 0 Å². The Hall–Kier alpha value is -0.370. The molecule has 0 amide bonds. The summed E-state index contributed by atoms with van der Waals surface area (Å²) < 4.78 is 12.7. The molecular formula is C10H12BrF. The van der Waals surface area contributed by atoms with Gasteiger partial charge in [-0.2, -0.15) is 0 Å². The lowest BCUT2D eigenvalue weighted by Crippen LogP contribution is -2.00. The highest BCUT2D eigenvalue weighted by atomic mass is 79.9. The third-order valence-electron chi connectivity index (χ3n) is 1.74. The summed E-state index contributed by atoms with van der Waals surface area (Å²) in [6, 6.07) is 6.79. The molecule has 0 aliphatic rings. The van der Waals surface area contributed by atoms with Gasteiger partial charge in [-0.25, -0.2) is 4.39 Å². The molecule has 1 unspecified atom stereocenters. The molecule has 66 valence electrons. The highest BCUT2D eigenvalue weighted by Gasteiger charge is 2.01. The number of benzene rings is 1. The molecule has 2 heteroatoms. The second-order valence-corrected chi connectivity index (χ2v) is 3.74. The molecule has 1 rings (SSSR count). The minimum atomic E-state index is -0.144. The summed E-state index contributed by atoms with van der Waals surface area (Å²) in [6.45, 7) is 2.14. The van der Waals surface area contributed by atoms with Crippen LogP contribution in [0.15, 0.2) is 24.3 Å². The molecular weight excluding hydrogens is 219 g/mol. The molecule has 0 aromatic heterocycles. The van der Waals surface area contributed by atoms with Crippen molar-refractivity contribution in [3.05, 3.63) is 35.6 Å². The minimum absolute atomic E-state index is 0.144. The predicted molar refractivity (Wildman–Crippen MR) is 53.1 cm³/mol. The van der Waals surface area contributed by atoms with Gasteiger partial charge in [0.25, 0.3) is 0 Å². The summed E-state index contributed by atoms with van der Waals surface area (Å²) in [5.41, 5.74) is 1.07. The van der Waals surface area contributed by atoms with Crippen LogP contribution in [0.3, 0.4) is 0 Å². The normalized spacial score (nSPS) is 12.9. The Morgan fingerprint density at radius 2 is 2.25 bits per heavy atom. The zero-order valence-electron chi connectivity index (χ0n) is 7.06. The summed E-state index contributed by atoms with van der Waals surface area (Å²) in [5, 5.41) is 0.962. The molecule has 1 aromatic rings. The largest absolute Gasteiger partial charge is 0.207 e. The van der Waals surface area contributed by atoms with Crippen LogP contribution in [0.4, 0.5) is 4.39 Å². The maximum Gasteiger partial charge on any atom is 0.123 e. The maximum atomic E-state index is 12.7. The monoisotopic (exact) mass is 230 g/mol. The molecule has 0 saturated carbocycles. The first-order valence-electron chi connectivity index (χ1n) is 4.03. The fraction of sp³-hybridized carbons (Fsp3) is 0.400. The van der Waals surface area contributed by atoms with Gasteiger partial charge in [0.1, 0.15) is 5.82 Å². The second-order valence-electron chi connectivity index (χ2n) is 3.09. The van der Waals surface area contributed by atoms with Crippen molar-refractivity contribution < 1.29 is 4.39 Å². The van der Waals surface area contributed by atoms with Gasteiger partial charge in [0.15, 0.2) is 0 Å². The van der Waals surface area contributed by atoms with Crippen molar-refractivity contribution in [2.75, 3.05) is 5.33 Å². The van der Waals surface area contributed by atoms with E-state index in [4.69, 9.17) is 0 Å². The molecule has 0 nitrogen and oxygen atoms in total. The molecule has 0 saturated heterocycles. The molecule has 1 aromatic carbocycles. The number of hydrogen-bond acceptors (Lipinski definition) is 0. The molecule has 0 spiro atoms. The van der Waals surface area contributed by atoms with E-state index < -0.39 is 0 Å². The van der Waals surface area contributed by atoms with Crippen LogP contribution in [-0.2, 0) is 6.42 Å². The molecule has 0 radical (unpaired) electrons. The minimum Gasteiger partial charge on any atom is -0.207 e. The van der Waals surface area contributed by atoms with E-state index in [0.717, 1.165) is 17.3 Å². The van der Waals surface area contributed by atoms with Crippen LogP contribution in [0.1, 0.15) is 12.5 Å². The number of hydrogen-bond donors (Lipinski definition) is 0. The molecule has 0 heterocycles. The van der Waals surface area contributed by atoms with Crippen molar-refractivity contribution in [1.29, 1.82) is 0 Å². The van der Waals surface area contributed by atoms with Gasteiger partial charge >= 0.3 is 0 Å². The van der Waals surface area contributed by atoms with Gasteiger partial charge in [0.05, 0.1) is 0 Å². The van der Waals surface area contributed by atoms with E-state index in [1.165, 1.54) is 6.07 Å². The van der Waals surface area contributed by atoms with Gasteiger partial charge < -0.3 is 0 Å². The van der Waals surface area contributed by atoms with Crippen LogP contribution >= 0.6 is 15.9 Å². The summed E-state index contributed by atoms with van der Waals surface area (Å²) in [4.78, 5) is 0. The van der Waals surface area contributed by atoms with Crippen LogP contribution < -0.4 is 0 Å². The van der Waals surface area contributed by atoms with Gasteiger partial charge in [-0.05, 0) is 30.0 Å². The second kappa shape index (κ2) is 4.61. The van der Waals surface area contributed by atoms with E-state index in [0.29, 0.717) is 5.92 Å². The molecule has 12 heavy (non-hydrogen) atoms. The van der Waals surface area contributed by atoms with Crippen molar-refractivity contribution in [2.24, 2.45) is 5.92 Å². The first-order valence-corrected chi connectivity index (χ1v) is 5.15. The first kappa shape index (κ1) is 9.72. The van der Waals surface area contributed by atoms with E-state index in [1.807, 2.05) is 6.07 Å². The Kier molecular flexibility index (Phi) is 3.73. The highest BCUT2D eigenvalue weighted by Crippen LogP contribution is 2.11. The topological polar surface area (TPSA) is 0 Å². The number of halogens is 2. The molecule has 0 bridgehead atoms. The average Bonchev–Trinajstić information content (AvgIpc) is 2.04. The van der Waals surface area contributed by atoms with E-state index in [2.05, 4.69) is 22.9 Å². The van der Waals surface area contributed by atoms with Crippen molar-refractivity contribution in [1.82, 2.24) is 0 Å². The zero-order chi connectivity index (χ0) is 8.97. The third kappa shape index (κ3) is 2.94. The lowest BCUT2D eigenvalue weighted by atomic mass is 10.0. The highest BCUT2D eigenvalue weighted by molar-refractivity contribution is 9.09. The summed E-state index contributed by atoms with van der Waals surface area (Å²) in [5.74, 6) is 0.418. The Labute approximate surface area is 80.9 Å². The van der Waals surface area contributed by atoms with Gasteiger partial charge in [-0.15, -0.1) is 0 Å². The van der Waals surface area contributed by atoms with E-state index in [9.17, 15) is 4.39 Å². The standard InChI is InChI=1S/C10H12BrF/c1-8(7-11)5-9-3-2-4-10(12)6-9/h2-4,6,8H,5,7H2,1H3. The van der Waals surface area contributed by atoms with Crippen LogP contribution in [0.25, 0.3) is 0 Å². The molecule has 0 aliphatic carbocycles. The number of alkyl halides is 1. The van der Waals surface area contributed by atoms with E-state index in [1.54, 1.807) is 12.1 Å². The van der Waals surface area contributed by atoms with Crippen LogP contribution in [-0.4, -0.2) is 5.33 Å². The molecule has 0 N–H and O–H groups in total. The lowest BCUT2D eigenvalue weighted by molar-refractivity contribution is 0.616. The third-order valence-corrected chi connectivity index (χ3v) is 2.84. The van der Waals surface area contributed by atoms with Crippen LogP contribution in [0.2, 0.25) is 0 Å². The SMILES string of the molecule is CC(CBr)Cc1cccc(F)c1. The Morgan fingerprint density at radius 1 is 1.50 bits per heavy atom. The lowest BCUT2D eigenvalue weighted by Gasteiger charge is -2.06. The molecule has 0 aliphatic heterocycles. The zero-order valence-corrected chi connectivity index (χ0v) is 8.64. The van der Waals surface area contributed by atoms with Gasteiger partial charge in [0, 0.05) is 5.33 Å². The average molecular weight is 231 g/mol. The smallest absolute Gasteiger partial charge is 0.123 e. The molecule has 1 atom stereocenters. The quantitative estimate of drug-likeness (QED) is 0.699. The fourth-order valence-electron chi connectivity index (χ4n) is 1.12. The first-order chi connectivity index (χ1) is 5.72. The Bertz CT molecular complexity index is 247. The summed E-state index contributed by atoms with van der Waals surface area (Å²) in [7, 11) is 0. The fourth-order valence-corrected chi connectivity index (χ4v) is 1.35. The Morgan fingerprint density at radius 3 is 2.83 bits per heavy atom. The van der Waals surface area contributed by atoms with E-state index >= 15 is 0 Å². The van der Waals surface area contributed by atoms with Crippen LogP contribution in [0, 0.1) is 11.7 Å². The summed E-state index contributed by atoms with van der Waals surface area (Å²) in [6.07, 6.45) is 0.934. The van der Waals surface area contributed by atoms with Gasteiger partial charge in [-0.1, -0.05) is 35.0 Å². The Balaban J connectivity index is 2.63. The van der Waals surface area contributed by atoms with Crippen molar-refractivity contribution >= 4 is 15.9 Å². The van der Waals surface area contributed by atoms with Crippen molar-refractivity contribution in [2.45, 2.75) is 13.3 Å². The number of rotatable bonds is 3. The van der Waals surface area contributed by atoms with E-state index in [-0.39, 0.29) is 5.82 Å². The van der Waals surface area contributed by atoms with Gasteiger partial charge in [-0.3, -0.25) is 0 Å². The van der Waals surface area contributed by atoms with Gasteiger partial charge in [0.2, 0.25) is 0 Å². The van der Waals surface area contributed by atoms with Crippen molar-refractivity contribution in [3.8, 4) is 0 Å². The maximum absolute atomic E-state index is 12.7. The predicted octanol–water partition coefficient (Wildman–Crippen LogP) is 3.40. The molecule has 0 fully saturated rings. The van der Waals surface area contributed by atoms with Crippen molar-refractivity contribution in [3.63, 3.8) is 0 Å².